The number of nitrogens with zero attached hydrogens (tertiary/aromatic N) is 3. The van der Waals surface area contributed by atoms with Crippen molar-refractivity contribution in [3.8, 4) is 0 Å². The molecule has 1 amide bonds. The first-order valence-electron chi connectivity index (χ1n) is 10.4. The molecule has 2 aliphatic rings. The molecule has 162 valence electrons. The molecule has 1 N–H and O–H groups in total. The molecule has 0 saturated carbocycles. The third-order valence-electron chi connectivity index (χ3n) is 6.60. The lowest BCUT2D eigenvalue weighted by Crippen LogP contribution is -2.53. The molecular formula is C22H29N3O4S. The summed E-state index contributed by atoms with van der Waals surface area (Å²) in [5, 5.41) is 11.5. The van der Waals surface area contributed by atoms with E-state index in [0.29, 0.717) is 11.9 Å². The van der Waals surface area contributed by atoms with Crippen LogP contribution in [-0.4, -0.2) is 59.0 Å². The number of aromatic nitrogens is 1. The van der Waals surface area contributed by atoms with E-state index in [-0.39, 0.29) is 34.9 Å². The fourth-order valence-corrected chi connectivity index (χ4v) is 6.87. The first kappa shape index (κ1) is 21.1. The summed E-state index contributed by atoms with van der Waals surface area (Å²) in [6, 6.07) is 6.46. The van der Waals surface area contributed by atoms with Crippen LogP contribution in [-0.2, 0) is 10.0 Å². The molecule has 2 fully saturated rings. The van der Waals surface area contributed by atoms with Gasteiger partial charge >= 0.3 is 6.09 Å². The van der Waals surface area contributed by atoms with Crippen molar-refractivity contribution >= 4 is 26.9 Å². The highest BCUT2D eigenvalue weighted by molar-refractivity contribution is 7.89. The number of rotatable bonds is 2. The van der Waals surface area contributed by atoms with E-state index in [1.165, 1.54) is 4.31 Å². The average molecular weight is 432 g/mol. The number of amides is 1. The second kappa shape index (κ2) is 7.50. The number of fused-ring (bicyclic) bond motifs is 2. The molecule has 30 heavy (non-hydrogen) atoms. The van der Waals surface area contributed by atoms with Gasteiger partial charge in [0.1, 0.15) is 0 Å². The molecule has 0 bridgehead atoms. The van der Waals surface area contributed by atoms with E-state index in [9.17, 15) is 18.3 Å². The lowest BCUT2D eigenvalue weighted by molar-refractivity contribution is 0.0528. The summed E-state index contributed by atoms with van der Waals surface area (Å²) in [4.78, 5) is 18.2. The van der Waals surface area contributed by atoms with Crippen LogP contribution in [0.2, 0.25) is 0 Å². The highest BCUT2D eigenvalue weighted by Crippen LogP contribution is 2.40. The van der Waals surface area contributed by atoms with Gasteiger partial charge in [-0.2, -0.15) is 4.31 Å². The van der Waals surface area contributed by atoms with Crippen molar-refractivity contribution in [3.63, 3.8) is 0 Å². The monoisotopic (exact) mass is 431 g/mol. The Labute approximate surface area is 177 Å². The van der Waals surface area contributed by atoms with Gasteiger partial charge in [-0.1, -0.05) is 39.3 Å². The molecule has 4 rings (SSSR count). The summed E-state index contributed by atoms with van der Waals surface area (Å²) in [6.45, 7) is 6.73. The smallest absolute Gasteiger partial charge is 0.407 e. The van der Waals surface area contributed by atoms with Gasteiger partial charge in [-0.3, -0.25) is 4.98 Å². The maximum atomic E-state index is 13.6. The van der Waals surface area contributed by atoms with E-state index >= 15 is 0 Å². The highest BCUT2D eigenvalue weighted by Gasteiger charge is 2.49. The van der Waals surface area contributed by atoms with Crippen molar-refractivity contribution < 1.29 is 18.3 Å². The Morgan fingerprint density at radius 2 is 1.93 bits per heavy atom. The van der Waals surface area contributed by atoms with Crippen LogP contribution in [0, 0.1) is 11.3 Å². The van der Waals surface area contributed by atoms with Gasteiger partial charge in [-0.05, 0) is 36.3 Å². The highest BCUT2D eigenvalue weighted by atomic mass is 32.2. The number of sulfonamides is 1. The number of carboxylic acid groups (broad SMARTS) is 1. The van der Waals surface area contributed by atoms with Crippen molar-refractivity contribution in [2.45, 2.75) is 57.0 Å². The number of hydrogen-bond acceptors (Lipinski definition) is 4. The first-order valence-corrected chi connectivity index (χ1v) is 11.9. The number of hydrogen-bond donors (Lipinski definition) is 1. The Kier molecular flexibility index (Phi) is 5.26. The summed E-state index contributed by atoms with van der Waals surface area (Å²) >= 11 is 0. The fourth-order valence-electron chi connectivity index (χ4n) is 5.14. The largest absolute Gasteiger partial charge is 0.465 e. The summed E-state index contributed by atoms with van der Waals surface area (Å²) in [5.41, 5.74) is -0.206. The van der Waals surface area contributed by atoms with Gasteiger partial charge in [-0.25, -0.2) is 13.2 Å². The van der Waals surface area contributed by atoms with Crippen LogP contribution in [0.3, 0.4) is 0 Å². The fraction of sp³-hybridized carbons (Fsp3) is 0.545. The van der Waals surface area contributed by atoms with Crippen LogP contribution >= 0.6 is 0 Å². The Hall–Kier alpha value is -2.19. The van der Waals surface area contributed by atoms with Crippen LogP contribution in [0.5, 0.6) is 0 Å². The summed E-state index contributed by atoms with van der Waals surface area (Å²) < 4.78 is 28.6. The zero-order valence-corrected chi connectivity index (χ0v) is 18.5. The van der Waals surface area contributed by atoms with E-state index in [2.05, 4.69) is 25.8 Å². The van der Waals surface area contributed by atoms with E-state index in [1.54, 1.807) is 35.5 Å². The van der Waals surface area contributed by atoms with E-state index < -0.39 is 16.1 Å². The number of pyridine rings is 1. The molecule has 0 radical (unpaired) electrons. The molecule has 1 aromatic heterocycles. The maximum Gasteiger partial charge on any atom is 0.407 e. The van der Waals surface area contributed by atoms with Crippen molar-refractivity contribution in [2.24, 2.45) is 11.3 Å². The van der Waals surface area contributed by atoms with Crippen LogP contribution in [0.4, 0.5) is 4.79 Å². The molecular weight excluding hydrogens is 402 g/mol. The third-order valence-corrected chi connectivity index (χ3v) is 8.49. The molecule has 2 saturated heterocycles. The molecule has 7 nitrogen and oxygen atoms in total. The van der Waals surface area contributed by atoms with Crippen LogP contribution in [0.1, 0.15) is 40.0 Å². The standard InChI is InChI=1S/C22H29N3O4S/c1-22(2,3)20-9-5-7-16-13-24(14-18(16)25(20)21(26)27)30(28,29)19-8-4-6-15-12-23-11-10-17(15)19/h4,6,8,10-12,16,18,20H,5,7,9,13-14H2,1-3H3,(H,26,27). The Bertz CT molecular complexity index is 1060. The normalized spacial score (nSPS) is 25.8. The Morgan fingerprint density at radius 3 is 2.63 bits per heavy atom. The molecule has 2 aromatic rings. The molecule has 3 heterocycles. The zero-order valence-electron chi connectivity index (χ0n) is 17.7. The first-order chi connectivity index (χ1) is 14.1. The number of likely N-dealkylation sites (tertiary alicyclic amines) is 1. The zero-order chi connectivity index (χ0) is 21.7. The van der Waals surface area contributed by atoms with Gasteiger partial charge in [0.15, 0.2) is 0 Å². The van der Waals surface area contributed by atoms with Gasteiger partial charge in [0.25, 0.3) is 0 Å². The summed E-state index contributed by atoms with van der Waals surface area (Å²) in [5.74, 6) is 0.0138. The van der Waals surface area contributed by atoms with Crippen molar-refractivity contribution in [2.75, 3.05) is 13.1 Å². The molecule has 1 aromatic carbocycles. The molecule has 8 heteroatoms. The van der Waals surface area contributed by atoms with E-state index in [1.807, 2.05) is 6.07 Å². The number of benzene rings is 1. The SMILES string of the molecule is CC(C)(C)C1CCCC2CN(S(=O)(=O)c3cccc4cnccc34)CC2N1C(=O)O. The van der Waals surface area contributed by atoms with Gasteiger partial charge < -0.3 is 10.0 Å². The minimum Gasteiger partial charge on any atom is -0.465 e. The average Bonchev–Trinajstić information content (AvgIpc) is 3.01. The van der Waals surface area contributed by atoms with Crippen LogP contribution in [0.15, 0.2) is 41.6 Å². The van der Waals surface area contributed by atoms with Gasteiger partial charge in [-0.15, -0.1) is 0 Å². The van der Waals surface area contributed by atoms with E-state index in [0.717, 1.165) is 24.6 Å². The Morgan fingerprint density at radius 1 is 1.17 bits per heavy atom. The van der Waals surface area contributed by atoms with Crippen LogP contribution < -0.4 is 0 Å². The van der Waals surface area contributed by atoms with Crippen molar-refractivity contribution in [3.05, 3.63) is 36.7 Å². The predicted molar refractivity (Wildman–Crippen MR) is 115 cm³/mol. The van der Waals surface area contributed by atoms with Gasteiger partial charge in [0, 0.05) is 42.3 Å². The summed E-state index contributed by atoms with van der Waals surface area (Å²) in [7, 11) is -3.75. The Balaban J connectivity index is 1.71. The lowest BCUT2D eigenvalue weighted by atomic mass is 9.83. The second-order valence-electron chi connectivity index (χ2n) is 9.50. The van der Waals surface area contributed by atoms with Gasteiger partial charge in [0.2, 0.25) is 10.0 Å². The maximum absolute atomic E-state index is 13.6. The molecule has 0 spiro atoms. The second-order valence-corrected chi connectivity index (χ2v) is 11.4. The minimum absolute atomic E-state index is 0.0138. The summed E-state index contributed by atoms with van der Waals surface area (Å²) in [6.07, 6.45) is 4.85. The molecule has 2 aliphatic heterocycles. The van der Waals surface area contributed by atoms with Gasteiger partial charge in [0.05, 0.1) is 10.9 Å². The van der Waals surface area contributed by atoms with E-state index in [4.69, 9.17) is 0 Å². The quantitative estimate of drug-likeness (QED) is 0.781. The third kappa shape index (κ3) is 3.56. The number of carbonyl (C=O) groups is 1. The molecule has 3 atom stereocenters. The van der Waals surface area contributed by atoms with Crippen molar-refractivity contribution in [1.29, 1.82) is 0 Å². The topological polar surface area (TPSA) is 90.8 Å². The predicted octanol–water partition coefficient (Wildman–Crippen LogP) is 3.80. The minimum atomic E-state index is -3.75. The molecule has 0 aliphatic carbocycles. The lowest BCUT2D eigenvalue weighted by Gasteiger charge is -2.41. The van der Waals surface area contributed by atoms with Crippen LogP contribution in [0.25, 0.3) is 10.8 Å². The molecule has 3 unspecified atom stereocenters. The van der Waals surface area contributed by atoms with Crippen molar-refractivity contribution in [1.82, 2.24) is 14.2 Å².